The average molecular weight is 479 g/mol. The molecule has 1 atom stereocenters. The minimum absolute atomic E-state index is 0.334. The smallest absolute Gasteiger partial charge is 0.343 e. The van der Waals surface area contributed by atoms with Crippen molar-refractivity contribution in [2.45, 2.75) is 97.8 Å². The third kappa shape index (κ3) is 9.70. The van der Waals surface area contributed by atoms with E-state index in [9.17, 15) is 4.79 Å². The highest BCUT2D eigenvalue weighted by molar-refractivity contribution is 5.91. The highest BCUT2D eigenvalue weighted by Crippen LogP contribution is 2.32. The molecule has 3 rings (SSSR count). The molecule has 35 heavy (non-hydrogen) atoms. The highest BCUT2D eigenvalue weighted by Gasteiger charge is 2.21. The van der Waals surface area contributed by atoms with Crippen LogP contribution in [0.25, 0.3) is 0 Å². The second-order valence-electron chi connectivity index (χ2n) is 10.7. The fourth-order valence-electron chi connectivity index (χ4n) is 5.03. The Morgan fingerprint density at radius 1 is 0.829 bits per heavy atom. The molecular formula is C32H46O3. The third-order valence-electron chi connectivity index (χ3n) is 7.67. The molecule has 0 aliphatic heterocycles. The summed E-state index contributed by atoms with van der Waals surface area (Å²) in [6.07, 6.45) is 15.8. The van der Waals surface area contributed by atoms with E-state index in [-0.39, 0.29) is 5.97 Å². The van der Waals surface area contributed by atoms with Gasteiger partial charge in [-0.1, -0.05) is 90.7 Å². The fraction of sp³-hybridized carbons (Fsp3) is 0.594. The molecule has 0 amide bonds. The van der Waals surface area contributed by atoms with Crippen LogP contribution < -0.4 is 9.47 Å². The number of benzene rings is 2. The van der Waals surface area contributed by atoms with Crippen LogP contribution in [0.5, 0.6) is 11.5 Å². The lowest BCUT2D eigenvalue weighted by Gasteiger charge is -2.28. The predicted molar refractivity (Wildman–Crippen MR) is 145 cm³/mol. The quantitative estimate of drug-likeness (QED) is 0.154. The predicted octanol–water partition coefficient (Wildman–Crippen LogP) is 9.04. The molecule has 0 saturated heterocycles. The van der Waals surface area contributed by atoms with Crippen LogP contribution in [0.3, 0.4) is 0 Å². The van der Waals surface area contributed by atoms with Gasteiger partial charge in [-0.2, -0.15) is 0 Å². The zero-order valence-electron chi connectivity index (χ0n) is 22.3. The summed E-state index contributed by atoms with van der Waals surface area (Å²) >= 11 is 0. The molecule has 2 aromatic carbocycles. The van der Waals surface area contributed by atoms with Crippen molar-refractivity contribution >= 4 is 5.97 Å². The summed E-state index contributed by atoms with van der Waals surface area (Å²) in [4.78, 5) is 12.5. The van der Waals surface area contributed by atoms with E-state index in [1.54, 1.807) is 12.1 Å². The maximum Gasteiger partial charge on any atom is 0.343 e. The van der Waals surface area contributed by atoms with Crippen LogP contribution in [-0.4, -0.2) is 12.6 Å². The molecule has 1 saturated carbocycles. The Labute approximate surface area is 213 Å². The van der Waals surface area contributed by atoms with E-state index in [0.29, 0.717) is 23.1 Å². The van der Waals surface area contributed by atoms with Crippen molar-refractivity contribution in [3.63, 3.8) is 0 Å². The molecule has 0 heterocycles. The standard InChI is InChI=1S/C32H46O3/c1-4-6-7-8-9-10-26-11-13-28(14-12-26)24-34-30-21-17-29(18-22-30)32(33)35-31-19-15-27(16-20-31)23-25(3)5-2/h15-22,25-26,28H,4-14,23-24H2,1-3H3/t25-,26-,28-/m0/s1. The van der Waals surface area contributed by atoms with E-state index in [1.165, 1.54) is 69.8 Å². The topological polar surface area (TPSA) is 35.5 Å². The van der Waals surface area contributed by atoms with Crippen LogP contribution in [0.1, 0.15) is 107 Å². The first-order valence-corrected chi connectivity index (χ1v) is 14.1. The van der Waals surface area contributed by atoms with Crippen molar-refractivity contribution < 1.29 is 14.3 Å². The van der Waals surface area contributed by atoms with Gasteiger partial charge >= 0.3 is 5.97 Å². The summed E-state index contributed by atoms with van der Waals surface area (Å²) < 4.78 is 11.6. The number of rotatable bonds is 14. The second-order valence-corrected chi connectivity index (χ2v) is 10.7. The third-order valence-corrected chi connectivity index (χ3v) is 7.67. The lowest BCUT2D eigenvalue weighted by Crippen LogP contribution is -2.20. The number of hydrogen-bond donors (Lipinski definition) is 0. The molecule has 3 heteroatoms. The van der Waals surface area contributed by atoms with Crippen LogP contribution in [0.4, 0.5) is 0 Å². The summed E-state index contributed by atoms with van der Waals surface area (Å²) in [6, 6.07) is 15.2. The average Bonchev–Trinajstić information content (AvgIpc) is 2.89. The van der Waals surface area contributed by atoms with Crippen molar-refractivity contribution in [1.29, 1.82) is 0 Å². The van der Waals surface area contributed by atoms with E-state index in [1.807, 2.05) is 36.4 Å². The molecule has 0 spiro atoms. The monoisotopic (exact) mass is 478 g/mol. The Balaban J connectivity index is 1.36. The molecule has 3 nitrogen and oxygen atoms in total. The number of hydrogen-bond acceptors (Lipinski definition) is 3. The molecular weight excluding hydrogens is 432 g/mol. The Morgan fingerprint density at radius 2 is 1.46 bits per heavy atom. The van der Waals surface area contributed by atoms with E-state index in [0.717, 1.165) is 31.1 Å². The zero-order valence-corrected chi connectivity index (χ0v) is 22.3. The molecule has 2 aromatic rings. The molecule has 0 unspecified atom stereocenters. The lowest BCUT2D eigenvalue weighted by molar-refractivity contribution is 0.0734. The minimum atomic E-state index is -0.334. The van der Waals surface area contributed by atoms with E-state index in [2.05, 4.69) is 20.8 Å². The fourth-order valence-corrected chi connectivity index (χ4v) is 5.03. The minimum Gasteiger partial charge on any atom is -0.493 e. The molecule has 0 N–H and O–H groups in total. The maximum atomic E-state index is 12.5. The zero-order chi connectivity index (χ0) is 24.9. The lowest BCUT2D eigenvalue weighted by atomic mass is 9.80. The Bertz CT molecular complexity index is 847. The first-order valence-electron chi connectivity index (χ1n) is 14.1. The van der Waals surface area contributed by atoms with Gasteiger partial charge in [0.1, 0.15) is 11.5 Å². The molecule has 0 aromatic heterocycles. The van der Waals surface area contributed by atoms with Gasteiger partial charge in [0.25, 0.3) is 0 Å². The largest absolute Gasteiger partial charge is 0.493 e. The van der Waals surface area contributed by atoms with Gasteiger partial charge in [0.2, 0.25) is 0 Å². The van der Waals surface area contributed by atoms with Gasteiger partial charge < -0.3 is 9.47 Å². The Kier molecular flexibility index (Phi) is 11.7. The normalized spacial score (nSPS) is 18.7. The molecule has 192 valence electrons. The van der Waals surface area contributed by atoms with Crippen LogP contribution in [0.15, 0.2) is 48.5 Å². The van der Waals surface area contributed by atoms with Crippen LogP contribution in [-0.2, 0) is 6.42 Å². The van der Waals surface area contributed by atoms with Crippen molar-refractivity contribution in [3.05, 3.63) is 59.7 Å². The van der Waals surface area contributed by atoms with Crippen molar-refractivity contribution in [1.82, 2.24) is 0 Å². The second kappa shape index (κ2) is 15.0. The van der Waals surface area contributed by atoms with Crippen LogP contribution in [0.2, 0.25) is 0 Å². The first kappa shape index (κ1) is 27.3. The van der Waals surface area contributed by atoms with Gasteiger partial charge in [0.15, 0.2) is 0 Å². The Morgan fingerprint density at radius 3 is 2.11 bits per heavy atom. The number of unbranched alkanes of at least 4 members (excludes halogenated alkanes) is 4. The van der Waals surface area contributed by atoms with Crippen molar-refractivity contribution in [3.8, 4) is 11.5 Å². The molecule has 1 aliphatic rings. The van der Waals surface area contributed by atoms with Gasteiger partial charge in [0.05, 0.1) is 12.2 Å². The first-order chi connectivity index (χ1) is 17.1. The van der Waals surface area contributed by atoms with Gasteiger partial charge in [0, 0.05) is 0 Å². The van der Waals surface area contributed by atoms with Gasteiger partial charge in [-0.25, -0.2) is 4.79 Å². The SMILES string of the molecule is CCCCCCC[C@H]1CC[C@H](COc2ccc(C(=O)Oc3ccc(C[C@@H](C)CC)cc3)cc2)CC1. The molecule has 1 aliphatic carbocycles. The summed E-state index contributed by atoms with van der Waals surface area (Å²) in [5.41, 5.74) is 1.82. The highest BCUT2D eigenvalue weighted by atomic mass is 16.5. The molecule has 0 bridgehead atoms. The van der Waals surface area contributed by atoms with Gasteiger partial charge in [-0.3, -0.25) is 0 Å². The Hall–Kier alpha value is -2.29. The summed E-state index contributed by atoms with van der Waals surface area (Å²) in [5, 5.41) is 0. The molecule has 0 radical (unpaired) electrons. The number of esters is 1. The summed E-state index contributed by atoms with van der Waals surface area (Å²) in [6.45, 7) is 7.51. The maximum absolute atomic E-state index is 12.5. The van der Waals surface area contributed by atoms with Crippen molar-refractivity contribution in [2.75, 3.05) is 6.61 Å². The van der Waals surface area contributed by atoms with E-state index in [4.69, 9.17) is 9.47 Å². The number of carbonyl (C=O) groups excluding carboxylic acids is 1. The molecule has 1 fully saturated rings. The summed E-state index contributed by atoms with van der Waals surface area (Å²) in [7, 11) is 0. The van der Waals surface area contributed by atoms with Gasteiger partial charge in [-0.15, -0.1) is 0 Å². The number of ether oxygens (including phenoxy) is 2. The van der Waals surface area contributed by atoms with E-state index < -0.39 is 0 Å². The van der Waals surface area contributed by atoms with Crippen LogP contribution >= 0.6 is 0 Å². The van der Waals surface area contributed by atoms with Crippen LogP contribution in [0, 0.1) is 17.8 Å². The number of carbonyl (C=O) groups is 1. The van der Waals surface area contributed by atoms with E-state index >= 15 is 0 Å². The van der Waals surface area contributed by atoms with Crippen molar-refractivity contribution in [2.24, 2.45) is 17.8 Å². The van der Waals surface area contributed by atoms with Gasteiger partial charge in [-0.05, 0) is 79.0 Å². The summed E-state index contributed by atoms with van der Waals surface area (Å²) in [5.74, 6) is 3.31.